The third-order valence-electron chi connectivity index (χ3n) is 1.95. The minimum atomic E-state index is 0.861. The summed E-state index contributed by atoms with van der Waals surface area (Å²) in [6.45, 7) is 4.23. The molecule has 0 fully saturated rings. The third kappa shape index (κ3) is 1.13. The van der Waals surface area contributed by atoms with Crippen LogP contribution in [0.2, 0.25) is 5.02 Å². The molecule has 0 aliphatic carbocycles. The summed E-state index contributed by atoms with van der Waals surface area (Å²) < 4.78 is 1.32. The van der Waals surface area contributed by atoms with Crippen molar-refractivity contribution in [1.82, 2.24) is 0 Å². The Morgan fingerprint density at radius 1 is 1.25 bits per heavy atom. The second-order valence-corrected chi connectivity index (χ2v) is 4.63. The Hall–Kier alpha value is -0.530. The lowest BCUT2D eigenvalue weighted by molar-refractivity contribution is 1.56. The molecule has 0 amide bonds. The van der Waals surface area contributed by atoms with Crippen molar-refractivity contribution in [3.8, 4) is 0 Å². The maximum absolute atomic E-state index is 6.05. The van der Waals surface area contributed by atoms with Crippen LogP contribution in [-0.4, -0.2) is 0 Å². The highest BCUT2D eigenvalue weighted by molar-refractivity contribution is 7.19. The molecule has 0 aliphatic heterocycles. The standard InChI is InChI=1S/C10H9ClS/c1-6-3-4-9(11)8-5-7(2)12-10(6)8/h3-5H,1-2H3. The van der Waals surface area contributed by atoms with Crippen molar-refractivity contribution in [3.63, 3.8) is 0 Å². The molecule has 1 heterocycles. The van der Waals surface area contributed by atoms with Crippen LogP contribution in [-0.2, 0) is 0 Å². The summed E-state index contributed by atoms with van der Waals surface area (Å²) in [5.41, 5.74) is 1.31. The molecule has 0 bridgehead atoms. The predicted octanol–water partition coefficient (Wildman–Crippen LogP) is 4.17. The first-order valence-corrected chi connectivity index (χ1v) is 5.03. The van der Waals surface area contributed by atoms with Gasteiger partial charge in [0.25, 0.3) is 0 Å². The van der Waals surface area contributed by atoms with Crippen LogP contribution in [0.1, 0.15) is 10.4 Å². The van der Waals surface area contributed by atoms with Gasteiger partial charge in [-0.15, -0.1) is 11.3 Å². The summed E-state index contributed by atoms with van der Waals surface area (Å²) in [4.78, 5) is 1.32. The molecule has 0 unspecified atom stereocenters. The van der Waals surface area contributed by atoms with Crippen molar-refractivity contribution in [2.24, 2.45) is 0 Å². The first-order valence-electron chi connectivity index (χ1n) is 3.84. The molecule has 0 spiro atoms. The number of hydrogen-bond donors (Lipinski definition) is 0. The van der Waals surface area contributed by atoms with Crippen molar-refractivity contribution in [2.45, 2.75) is 13.8 Å². The van der Waals surface area contributed by atoms with E-state index in [-0.39, 0.29) is 0 Å². The van der Waals surface area contributed by atoms with Gasteiger partial charge in [0.2, 0.25) is 0 Å². The van der Waals surface area contributed by atoms with Crippen LogP contribution in [0.3, 0.4) is 0 Å². The van der Waals surface area contributed by atoms with Crippen molar-refractivity contribution in [2.75, 3.05) is 0 Å². The summed E-state index contributed by atoms with van der Waals surface area (Å²) >= 11 is 7.86. The van der Waals surface area contributed by atoms with E-state index in [0.29, 0.717) is 0 Å². The molecule has 0 N–H and O–H groups in total. The maximum Gasteiger partial charge on any atom is 0.0493 e. The van der Waals surface area contributed by atoms with E-state index in [1.165, 1.54) is 20.5 Å². The van der Waals surface area contributed by atoms with Crippen LogP contribution in [0.4, 0.5) is 0 Å². The average molecular weight is 197 g/mol. The molecular formula is C10H9ClS. The summed E-state index contributed by atoms with van der Waals surface area (Å²) in [6.07, 6.45) is 0. The van der Waals surface area contributed by atoms with Gasteiger partial charge in [-0.25, -0.2) is 0 Å². The van der Waals surface area contributed by atoms with E-state index in [2.05, 4.69) is 26.0 Å². The molecule has 0 aliphatic rings. The van der Waals surface area contributed by atoms with Gasteiger partial charge in [-0.05, 0) is 31.5 Å². The van der Waals surface area contributed by atoms with E-state index in [4.69, 9.17) is 11.6 Å². The molecule has 0 saturated heterocycles. The highest BCUT2D eigenvalue weighted by atomic mass is 35.5. The Balaban J connectivity index is 2.93. The number of hydrogen-bond acceptors (Lipinski definition) is 1. The van der Waals surface area contributed by atoms with E-state index in [9.17, 15) is 0 Å². The molecule has 0 nitrogen and oxygen atoms in total. The molecule has 0 saturated carbocycles. The number of aryl methyl sites for hydroxylation is 2. The lowest BCUT2D eigenvalue weighted by Crippen LogP contribution is -1.71. The van der Waals surface area contributed by atoms with Gasteiger partial charge in [0, 0.05) is 20.0 Å². The highest BCUT2D eigenvalue weighted by Gasteiger charge is 2.04. The fourth-order valence-corrected chi connectivity index (χ4v) is 2.62. The maximum atomic E-state index is 6.05. The molecule has 62 valence electrons. The first kappa shape index (κ1) is 8.09. The van der Waals surface area contributed by atoms with Crippen molar-refractivity contribution in [1.29, 1.82) is 0 Å². The molecule has 12 heavy (non-hydrogen) atoms. The Kier molecular flexibility index (Phi) is 1.85. The molecular weight excluding hydrogens is 188 g/mol. The molecule has 1 aromatic carbocycles. The van der Waals surface area contributed by atoms with Gasteiger partial charge in [0.05, 0.1) is 0 Å². The van der Waals surface area contributed by atoms with Crippen LogP contribution >= 0.6 is 22.9 Å². The van der Waals surface area contributed by atoms with Crippen molar-refractivity contribution >= 4 is 33.0 Å². The molecule has 1 aromatic heterocycles. The Bertz CT molecular complexity index is 390. The predicted molar refractivity (Wildman–Crippen MR) is 56.3 cm³/mol. The van der Waals surface area contributed by atoms with Gasteiger partial charge >= 0.3 is 0 Å². The largest absolute Gasteiger partial charge is 0.140 e. The number of halogens is 1. The van der Waals surface area contributed by atoms with Gasteiger partial charge < -0.3 is 0 Å². The van der Waals surface area contributed by atoms with E-state index in [1.54, 1.807) is 0 Å². The fourth-order valence-electron chi connectivity index (χ4n) is 1.35. The van der Waals surface area contributed by atoms with Gasteiger partial charge in [-0.2, -0.15) is 0 Å². The zero-order chi connectivity index (χ0) is 8.72. The van der Waals surface area contributed by atoms with Crippen molar-refractivity contribution < 1.29 is 0 Å². The second-order valence-electron chi connectivity index (χ2n) is 2.96. The van der Waals surface area contributed by atoms with Crippen LogP contribution < -0.4 is 0 Å². The van der Waals surface area contributed by atoms with E-state index < -0.39 is 0 Å². The van der Waals surface area contributed by atoms with E-state index in [1.807, 2.05) is 17.4 Å². The highest BCUT2D eigenvalue weighted by Crippen LogP contribution is 2.32. The van der Waals surface area contributed by atoms with Crippen LogP contribution in [0.15, 0.2) is 18.2 Å². The smallest absolute Gasteiger partial charge is 0.0493 e. The lowest BCUT2D eigenvalue weighted by atomic mass is 10.2. The topological polar surface area (TPSA) is 0 Å². The van der Waals surface area contributed by atoms with Crippen LogP contribution in [0.25, 0.3) is 10.1 Å². The Morgan fingerprint density at radius 3 is 2.67 bits per heavy atom. The van der Waals surface area contributed by atoms with Crippen LogP contribution in [0.5, 0.6) is 0 Å². The zero-order valence-corrected chi connectivity index (χ0v) is 8.59. The molecule has 0 atom stereocenters. The van der Waals surface area contributed by atoms with Crippen LogP contribution in [0, 0.1) is 13.8 Å². The summed E-state index contributed by atoms with van der Waals surface area (Å²) in [5, 5.41) is 2.05. The minimum Gasteiger partial charge on any atom is -0.140 e. The quantitative estimate of drug-likeness (QED) is 0.593. The Morgan fingerprint density at radius 2 is 2.00 bits per heavy atom. The van der Waals surface area contributed by atoms with Gasteiger partial charge in [-0.3, -0.25) is 0 Å². The normalized spacial score (nSPS) is 10.9. The summed E-state index contributed by atoms with van der Waals surface area (Å²) in [6, 6.07) is 6.18. The fraction of sp³-hybridized carbons (Fsp3) is 0.200. The number of benzene rings is 1. The second kappa shape index (κ2) is 2.75. The first-order chi connectivity index (χ1) is 5.68. The average Bonchev–Trinajstić information content (AvgIpc) is 2.41. The minimum absolute atomic E-state index is 0.861. The van der Waals surface area contributed by atoms with E-state index in [0.717, 1.165) is 5.02 Å². The Labute approximate surface area is 80.8 Å². The van der Waals surface area contributed by atoms with Gasteiger partial charge in [0.1, 0.15) is 0 Å². The van der Waals surface area contributed by atoms with E-state index >= 15 is 0 Å². The molecule has 2 rings (SSSR count). The lowest BCUT2D eigenvalue weighted by Gasteiger charge is -1.96. The summed E-state index contributed by atoms with van der Waals surface area (Å²) in [7, 11) is 0. The monoisotopic (exact) mass is 196 g/mol. The summed E-state index contributed by atoms with van der Waals surface area (Å²) in [5.74, 6) is 0. The molecule has 0 radical (unpaired) electrons. The molecule has 2 heteroatoms. The van der Waals surface area contributed by atoms with Crippen molar-refractivity contribution in [3.05, 3.63) is 33.7 Å². The number of thiophene rings is 1. The molecule has 2 aromatic rings. The third-order valence-corrected chi connectivity index (χ3v) is 3.47. The number of rotatable bonds is 0. The number of fused-ring (bicyclic) bond motifs is 1. The zero-order valence-electron chi connectivity index (χ0n) is 7.02. The SMILES string of the molecule is Cc1cc2c(Cl)ccc(C)c2s1. The van der Waals surface area contributed by atoms with Gasteiger partial charge in [0.15, 0.2) is 0 Å². The van der Waals surface area contributed by atoms with Gasteiger partial charge in [-0.1, -0.05) is 17.7 Å².